The van der Waals surface area contributed by atoms with Crippen LogP contribution in [0.2, 0.25) is 5.02 Å². The Morgan fingerprint density at radius 3 is 2.79 bits per heavy atom. The molecule has 0 heterocycles. The van der Waals surface area contributed by atoms with E-state index in [1.807, 2.05) is 0 Å². The zero-order valence-corrected chi connectivity index (χ0v) is 12.0. The fourth-order valence-electron chi connectivity index (χ4n) is 1.23. The van der Waals surface area contributed by atoms with E-state index in [1.54, 1.807) is 18.2 Å². The number of nitrogens with one attached hydrogen (secondary N) is 2. The average molecular weight is 346 g/mol. The van der Waals surface area contributed by atoms with Gasteiger partial charge in [0.1, 0.15) is 6.04 Å². The molecule has 0 aliphatic rings. The van der Waals surface area contributed by atoms with Gasteiger partial charge >= 0.3 is 12.0 Å². The summed E-state index contributed by atoms with van der Waals surface area (Å²) in [5.74, 6) is 0.989. The number of rotatable bonds is 4. The molecule has 0 aromatic heterocycles. The summed E-state index contributed by atoms with van der Waals surface area (Å²) in [7, 11) is 0. The molecule has 19 heavy (non-hydrogen) atoms. The molecule has 0 aliphatic carbocycles. The minimum atomic E-state index is -1.20. The molecule has 100 valence electrons. The minimum absolute atomic E-state index is 0.0977. The fourth-order valence-corrected chi connectivity index (χ4v) is 1.77. The highest BCUT2D eigenvalue weighted by Gasteiger charge is 2.19. The summed E-state index contributed by atoms with van der Waals surface area (Å²) in [6, 6.07) is 3.10. The molecule has 1 rings (SSSR count). The maximum absolute atomic E-state index is 11.6. The van der Waals surface area contributed by atoms with Crippen LogP contribution in [0.25, 0.3) is 0 Å². The van der Waals surface area contributed by atoms with E-state index in [9.17, 15) is 9.59 Å². The molecule has 0 saturated heterocycles. The Hall–Kier alpha value is -1.71. The number of halogens is 2. The van der Waals surface area contributed by atoms with E-state index in [0.717, 1.165) is 0 Å². The van der Waals surface area contributed by atoms with Crippen LogP contribution >= 0.6 is 27.5 Å². The van der Waals surface area contributed by atoms with Crippen LogP contribution in [0.1, 0.15) is 6.42 Å². The molecule has 1 aromatic carbocycles. The molecule has 0 spiro atoms. The number of hydrogen-bond acceptors (Lipinski definition) is 2. The molecule has 0 saturated carbocycles. The Labute approximate surface area is 123 Å². The Morgan fingerprint density at radius 2 is 2.21 bits per heavy atom. The van der Waals surface area contributed by atoms with Crippen molar-refractivity contribution in [1.82, 2.24) is 5.32 Å². The number of hydrogen-bond donors (Lipinski definition) is 3. The number of aliphatic carboxylic acids is 1. The summed E-state index contributed by atoms with van der Waals surface area (Å²) < 4.78 is 0.510. The van der Waals surface area contributed by atoms with Crippen molar-refractivity contribution in [1.29, 1.82) is 0 Å². The van der Waals surface area contributed by atoms with Gasteiger partial charge in [-0.3, -0.25) is 0 Å². The van der Waals surface area contributed by atoms with Crippen LogP contribution in [0.15, 0.2) is 22.7 Å². The molecular weight excluding hydrogens is 336 g/mol. The van der Waals surface area contributed by atoms with E-state index < -0.39 is 18.0 Å². The first-order valence-corrected chi connectivity index (χ1v) is 6.30. The number of carbonyl (C=O) groups is 2. The standard InChI is InChI=1S/C12H10BrClN2O3/c1-2-4-9(11(17)18)16-12(19)15-8-6-3-5-7(14)10(8)13/h1,3,5-6,9H,4H2,(H,17,18)(H2,15,16,19). The van der Waals surface area contributed by atoms with Crippen LogP contribution in [0, 0.1) is 12.3 Å². The van der Waals surface area contributed by atoms with Crippen molar-refractivity contribution >= 4 is 45.2 Å². The van der Waals surface area contributed by atoms with Gasteiger partial charge in [0.25, 0.3) is 0 Å². The third-order valence-electron chi connectivity index (χ3n) is 2.13. The molecule has 0 fully saturated rings. The maximum Gasteiger partial charge on any atom is 0.327 e. The van der Waals surface area contributed by atoms with E-state index in [1.165, 1.54) is 0 Å². The molecule has 1 atom stereocenters. The van der Waals surface area contributed by atoms with Gasteiger partial charge in [0.05, 0.1) is 15.2 Å². The molecule has 1 aromatic rings. The molecule has 1 unspecified atom stereocenters. The molecule has 0 aliphatic heterocycles. The predicted molar refractivity (Wildman–Crippen MR) is 76.2 cm³/mol. The lowest BCUT2D eigenvalue weighted by Crippen LogP contribution is -2.42. The monoisotopic (exact) mass is 344 g/mol. The van der Waals surface area contributed by atoms with Crippen LogP contribution < -0.4 is 10.6 Å². The number of amides is 2. The molecule has 5 nitrogen and oxygen atoms in total. The van der Waals surface area contributed by atoms with Crippen molar-refractivity contribution in [3.63, 3.8) is 0 Å². The van der Waals surface area contributed by atoms with Crippen LogP contribution in [-0.4, -0.2) is 23.1 Å². The van der Waals surface area contributed by atoms with Gasteiger partial charge in [-0.15, -0.1) is 12.3 Å². The summed E-state index contributed by atoms with van der Waals surface area (Å²) in [6.07, 6.45) is 4.93. The Bertz CT molecular complexity index is 542. The zero-order chi connectivity index (χ0) is 14.4. The zero-order valence-electron chi connectivity index (χ0n) is 9.61. The van der Waals surface area contributed by atoms with Crippen molar-refractivity contribution in [3.8, 4) is 12.3 Å². The van der Waals surface area contributed by atoms with Crippen LogP contribution in [0.5, 0.6) is 0 Å². The summed E-state index contributed by atoms with van der Waals surface area (Å²) in [6.45, 7) is 0. The highest BCUT2D eigenvalue weighted by Crippen LogP contribution is 2.29. The second-order valence-electron chi connectivity index (χ2n) is 3.50. The molecule has 2 amide bonds. The van der Waals surface area contributed by atoms with Crippen molar-refractivity contribution in [2.75, 3.05) is 5.32 Å². The lowest BCUT2D eigenvalue weighted by Gasteiger charge is -2.13. The van der Waals surface area contributed by atoms with Crippen LogP contribution in [0.3, 0.4) is 0 Å². The number of carboxylic acid groups (broad SMARTS) is 1. The van der Waals surface area contributed by atoms with Crippen LogP contribution in [-0.2, 0) is 4.79 Å². The van der Waals surface area contributed by atoms with E-state index in [4.69, 9.17) is 23.1 Å². The Balaban J connectivity index is 2.72. The summed E-state index contributed by atoms with van der Waals surface area (Å²) in [4.78, 5) is 22.5. The quantitative estimate of drug-likeness (QED) is 0.734. The van der Waals surface area contributed by atoms with Crippen molar-refractivity contribution in [3.05, 3.63) is 27.7 Å². The van der Waals surface area contributed by atoms with E-state index >= 15 is 0 Å². The van der Waals surface area contributed by atoms with E-state index in [0.29, 0.717) is 15.2 Å². The van der Waals surface area contributed by atoms with Crippen LogP contribution in [0.4, 0.5) is 10.5 Å². The van der Waals surface area contributed by atoms with Gasteiger partial charge in [0.15, 0.2) is 0 Å². The normalized spacial score (nSPS) is 11.2. The van der Waals surface area contributed by atoms with E-state index in [2.05, 4.69) is 32.5 Å². The SMILES string of the molecule is C#CCC(NC(=O)Nc1cccc(Cl)c1Br)C(=O)O. The van der Waals surface area contributed by atoms with E-state index in [-0.39, 0.29) is 6.42 Å². The van der Waals surface area contributed by atoms with Crippen molar-refractivity contribution in [2.24, 2.45) is 0 Å². The van der Waals surface area contributed by atoms with Gasteiger partial charge < -0.3 is 15.7 Å². The Morgan fingerprint density at radius 1 is 1.53 bits per heavy atom. The summed E-state index contributed by atoms with van der Waals surface area (Å²) >= 11 is 9.08. The lowest BCUT2D eigenvalue weighted by molar-refractivity contribution is -0.139. The second-order valence-corrected chi connectivity index (χ2v) is 4.70. The number of terminal acetylenes is 1. The summed E-state index contributed by atoms with van der Waals surface area (Å²) in [5, 5.41) is 14.0. The molecule has 3 N–H and O–H groups in total. The first-order chi connectivity index (χ1) is 8.95. The fraction of sp³-hybridized carbons (Fsp3) is 0.167. The third kappa shape index (κ3) is 4.47. The Kier molecular flexibility index (Phi) is 5.67. The number of carboxylic acids is 1. The molecule has 0 bridgehead atoms. The van der Waals surface area contributed by atoms with Gasteiger partial charge in [0.2, 0.25) is 0 Å². The number of benzene rings is 1. The lowest BCUT2D eigenvalue weighted by atomic mass is 10.2. The highest BCUT2D eigenvalue weighted by molar-refractivity contribution is 9.10. The topological polar surface area (TPSA) is 78.4 Å². The average Bonchev–Trinajstić information content (AvgIpc) is 2.34. The maximum atomic E-state index is 11.6. The number of urea groups is 1. The number of anilines is 1. The largest absolute Gasteiger partial charge is 0.480 e. The predicted octanol–water partition coefficient (Wildman–Crippen LogP) is 2.70. The smallest absolute Gasteiger partial charge is 0.327 e. The molecule has 7 heteroatoms. The van der Waals surface area contributed by atoms with Gasteiger partial charge in [0, 0.05) is 6.42 Å². The number of carbonyl (C=O) groups excluding carboxylic acids is 1. The first-order valence-electron chi connectivity index (χ1n) is 5.13. The van der Waals surface area contributed by atoms with Gasteiger partial charge in [-0.2, -0.15) is 0 Å². The third-order valence-corrected chi connectivity index (χ3v) is 3.52. The highest BCUT2D eigenvalue weighted by atomic mass is 79.9. The van der Waals surface area contributed by atoms with Crippen molar-refractivity contribution < 1.29 is 14.7 Å². The van der Waals surface area contributed by atoms with Gasteiger partial charge in [-0.1, -0.05) is 17.7 Å². The minimum Gasteiger partial charge on any atom is -0.480 e. The van der Waals surface area contributed by atoms with Gasteiger partial charge in [-0.25, -0.2) is 9.59 Å². The second kappa shape index (κ2) is 7.02. The summed E-state index contributed by atoms with van der Waals surface area (Å²) in [5.41, 5.74) is 0.426. The first kappa shape index (κ1) is 15.3. The van der Waals surface area contributed by atoms with Crippen molar-refractivity contribution in [2.45, 2.75) is 12.5 Å². The molecule has 0 radical (unpaired) electrons. The molecular formula is C12H10BrClN2O3. The van der Waals surface area contributed by atoms with Gasteiger partial charge in [-0.05, 0) is 28.1 Å².